The predicted molar refractivity (Wildman–Crippen MR) is 159 cm³/mol. The quantitative estimate of drug-likeness (QED) is 0.136. The Bertz CT molecular complexity index is 1780. The molecule has 3 aromatic carbocycles. The Morgan fingerprint density at radius 2 is 1.67 bits per heavy atom. The molecule has 0 spiro atoms. The summed E-state index contributed by atoms with van der Waals surface area (Å²) in [7, 11) is -7.60. The molecular weight excluding hydrogens is 591 g/mol. The van der Waals surface area contributed by atoms with E-state index in [-0.39, 0.29) is 20.5 Å². The molecular formula is C27H25N3O4S5. The number of para-hydroxylation sites is 2. The molecule has 0 aliphatic carbocycles. The lowest BCUT2D eigenvalue weighted by atomic mass is 10.1. The second-order valence-corrected chi connectivity index (χ2v) is 15.5. The van der Waals surface area contributed by atoms with Crippen molar-refractivity contribution in [1.82, 2.24) is 14.7 Å². The van der Waals surface area contributed by atoms with E-state index in [1.165, 1.54) is 29.1 Å². The largest absolute Gasteiger partial charge is 0.333 e. The number of thiophene rings is 1. The van der Waals surface area contributed by atoms with Gasteiger partial charge >= 0.3 is 0 Å². The van der Waals surface area contributed by atoms with E-state index in [0.29, 0.717) is 5.75 Å². The zero-order chi connectivity index (χ0) is 27.5. The van der Waals surface area contributed by atoms with Crippen LogP contribution in [0.1, 0.15) is 11.1 Å². The topological polar surface area (TPSA) is 109 Å². The number of fused-ring (bicyclic) bond motifs is 1. The second kappa shape index (κ2) is 11.9. The number of sulfone groups is 1. The van der Waals surface area contributed by atoms with Crippen LogP contribution in [-0.2, 0) is 25.6 Å². The first-order valence-electron chi connectivity index (χ1n) is 11.9. The summed E-state index contributed by atoms with van der Waals surface area (Å²) in [5, 5.41) is 2.24. The predicted octanol–water partition coefficient (Wildman–Crippen LogP) is 6.13. The van der Waals surface area contributed by atoms with Gasteiger partial charge in [0.05, 0.1) is 20.8 Å². The Hall–Kier alpha value is -2.61. The zero-order valence-electron chi connectivity index (χ0n) is 20.8. The van der Waals surface area contributed by atoms with Crippen LogP contribution in [0.25, 0.3) is 11.0 Å². The molecule has 0 atom stereocenters. The van der Waals surface area contributed by atoms with Gasteiger partial charge in [-0.25, -0.2) is 26.5 Å². The average Bonchev–Trinajstić information content (AvgIpc) is 3.60. The third-order valence-corrected chi connectivity index (χ3v) is 12.8. The zero-order valence-corrected chi connectivity index (χ0v) is 24.9. The normalized spacial score (nSPS) is 12.2. The van der Waals surface area contributed by atoms with Gasteiger partial charge in [0.1, 0.15) is 4.21 Å². The molecule has 0 unspecified atom stereocenters. The molecule has 12 heteroatoms. The van der Waals surface area contributed by atoms with Crippen LogP contribution in [0.15, 0.2) is 108 Å². The van der Waals surface area contributed by atoms with E-state index in [0.717, 1.165) is 43.7 Å². The Kier molecular flexibility index (Phi) is 8.50. The maximum absolute atomic E-state index is 12.8. The maximum Gasteiger partial charge on any atom is 0.250 e. The highest BCUT2D eigenvalue weighted by atomic mass is 32.2. The molecule has 202 valence electrons. The first kappa shape index (κ1) is 27.9. The summed E-state index contributed by atoms with van der Waals surface area (Å²) in [5.41, 5.74) is 4.31. The Balaban J connectivity index is 1.17. The highest BCUT2D eigenvalue weighted by molar-refractivity contribution is 7.99. The number of aromatic amines is 1. The minimum atomic E-state index is -3.83. The van der Waals surface area contributed by atoms with Crippen molar-refractivity contribution in [2.45, 2.75) is 36.7 Å². The fraction of sp³-hybridized carbons (Fsp3) is 0.148. The fourth-order valence-corrected chi connectivity index (χ4v) is 9.85. The van der Waals surface area contributed by atoms with E-state index < -0.39 is 19.9 Å². The number of sulfonamides is 1. The number of hydrogen-bond acceptors (Lipinski definition) is 8. The van der Waals surface area contributed by atoms with Gasteiger partial charge in [-0.15, -0.1) is 23.1 Å². The lowest BCUT2D eigenvalue weighted by Crippen LogP contribution is -2.25. The summed E-state index contributed by atoms with van der Waals surface area (Å²) in [6, 6.07) is 23.3. The van der Waals surface area contributed by atoms with Crippen molar-refractivity contribution in [3.8, 4) is 0 Å². The van der Waals surface area contributed by atoms with Gasteiger partial charge in [0.2, 0.25) is 19.9 Å². The number of hydrogen-bond donors (Lipinski definition) is 2. The number of benzene rings is 3. The smallest absolute Gasteiger partial charge is 0.250 e. The summed E-state index contributed by atoms with van der Waals surface area (Å²) >= 11 is 4.12. The number of thioether (sulfide) groups is 2. The van der Waals surface area contributed by atoms with Crippen molar-refractivity contribution in [1.29, 1.82) is 0 Å². The minimum absolute atomic E-state index is 0.0252. The third kappa shape index (κ3) is 6.42. The van der Waals surface area contributed by atoms with E-state index in [2.05, 4.69) is 27.7 Å². The fourth-order valence-electron chi connectivity index (χ4n) is 3.84. The summed E-state index contributed by atoms with van der Waals surface area (Å²) in [6.45, 7) is 2.28. The van der Waals surface area contributed by atoms with Crippen LogP contribution in [0, 0.1) is 6.92 Å². The van der Waals surface area contributed by atoms with Crippen LogP contribution in [0.5, 0.6) is 0 Å². The summed E-state index contributed by atoms with van der Waals surface area (Å²) in [4.78, 5) is 9.15. The molecule has 0 aliphatic heterocycles. The van der Waals surface area contributed by atoms with Gasteiger partial charge in [0.15, 0.2) is 5.16 Å². The molecule has 0 saturated carbocycles. The van der Waals surface area contributed by atoms with Crippen LogP contribution in [0.3, 0.4) is 0 Å². The van der Waals surface area contributed by atoms with Crippen molar-refractivity contribution in [3.05, 3.63) is 95.4 Å². The standard InChI is InChI=1S/C27H25N3O4S5/c1-19-20(17-37-27-29-23-11-5-6-12-24(23)30-27)8-7-13-25(19)35-15-14-28-39(33,34)26-16-22(18-36-26)38(31,32)21-9-3-2-4-10-21/h2-13,16,18,28H,14-15,17H2,1H3,(H,29,30). The summed E-state index contributed by atoms with van der Waals surface area (Å²) in [5.74, 6) is 1.29. The molecule has 39 heavy (non-hydrogen) atoms. The third-order valence-electron chi connectivity index (χ3n) is 5.96. The number of rotatable bonds is 11. The van der Waals surface area contributed by atoms with Crippen molar-refractivity contribution in [2.24, 2.45) is 0 Å². The second-order valence-electron chi connectivity index (χ2n) is 8.55. The van der Waals surface area contributed by atoms with E-state index in [1.54, 1.807) is 41.7 Å². The molecule has 0 radical (unpaired) electrons. The molecule has 2 heterocycles. The lowest BCUT2D eigenvalue weighted by Gasteiger charge is -2.11. The van der Waals surface area contributed by atoms with Gasteiger partial charge in [0.25, 0.3) is 0 Å². The first-order chi connectivity index (χ1) is 18.7. The summed E-state index contributed by atoms with van der Waals surface area (Å²) < 4.78 is 53.8. The Morgan fingerprint density at radius 1 is 0.897 bits per heavy atom. The van der Waals surface area contributed by atoms with Crippen LogP contribution >= 0.6 is 34.9 Å². The van der Waals surface area contributed by atoms with E-state index in [4.69, 9.17) is 0 Å². The van der Waals surface area contributed by atoms with Crippen molar-refractivity contribution >= 4 is 65.8 Å². The van der Waals surface area contributed by atoms with Crippen LogP contribution < -0.4 is 4.72 Å². The van der Waals surface area contributed by atoms with Crippen LogP contribution in [-0.4, -0.2) is 39.1 Å². The van der Waals surface area contributed by atoms with Crippen molar-refractivity contribution in [2.75, 3.05) is 12.3 Å². The molecule has 7 nitrogen and oxygen atoms in total. The van der Waals surface area contributed by atoms with Gasteiger partial charge in [-0.05, 0) is 54.4 Å². The Labute approximate surface area is 240 Å². The number of nitrogens with one attached hydrogen (secondary N) is 2. The minimum Gasteiger partial charge on any atom is -0.333 e. The maximum atomic E-state index is 12.8. The van der Waals surface area contributed by atoms with Crippen LogP contribution in [0.2, 0.25) is 0 Å². The number of imidazole rings is 1. The van der Waals surface area contributed by atoms with Gasteiger partial charge in [0, 0.05) is 28.3 Å². The molecule has 5 aromatic rings. The average molecular weight is 616 g/mol. The van der Waals surface area contributed by atoms with Crippen LogP contribution in [0.4, 0.5) is 0 Å². The molecule has 0 saturated heterocycles. The monoisotopic (exact) mass is 615 g/mol. The first-order valence-corrected chi connectivity index (χ1v) is 17.7. The van der Waals surface area contributed by atoms with E-state index in [1.807, 2.05) is 36.4 Å². The highest BCUT2D eigenvalue weighted by Crippen LogP contribution is 2.30. The SMILES string of the molecule is Cc1c(CSc2nc3ccccc3[nH]2)cccc1SCCNS(=O)(=O)c1cc(S(=O)(=O)c2ccccc2)cs1. The Morgan fingerprint density at radius 3 is 2.46 bits per heavy atom. The van der Waals surface area contributed by atoms with Crippen molar-refractivity contribution < 1.29 is 16.8 Å². The molecule has 0 fully saturated rings. The van der Waals surface area contributed by atoms with Crippen molar-refractivity contribution in [3.63, 3.8) is 0 Å². The lowest BCUT2D eigenvalue weighted by molar-refractivity contribution is 0.586. The molecule has 0 aliphatic rings. The molecule has 2 aromatic heterocycles. The summed E-state index contributed by atoms with van der Waals surface area (Å²) in [6.07, 6.45) is 0. The van der Waals surface area contributed by atoms with Gasteiger partial charge in [-0.2, -0.15) is 0 Å². The number of H-pyrrole nitrogens is 1. The number of aromatic nitrogens is 2. The van der Waals surface area contributed by atoms with Gasteiger partial charge < -0.3 is 4.98 Å². The molecule has 0 bridgehead atoms. The molecule has 5 rings (SSSR count). The van der Waals surface area contributed by atoms with Gasteiger partial charge in [-0.1, -0.05) is 54.2 Å². The van der Waals surface area contributed by atoms with Gasteiger partial charge in [-0.3, -0.25) is 0 Å². The number of nitrogens with zero attached hydrogens (tertiary/aromatic N) is 1. The van der Waals surface area contributed by atoms with E-state index >= 15 is 0 Å². The molecule has 0 amide bonds. The highest BCUT2D eigenvalue weighted by Gasteiger charge is 2.23. The van der Waals surface area contributed by atoms with E-state index in [9.17, 15) is 16.8 Å². The molecule has 2 N–H and O–H groups in total.